The van der Waals surface area contributed by atoms with Gasteiger partial charge in [-0.05, 0) is 18.4 Å². The fraction of sp³-hybridized carbons (Fsp3) is 0.774. The molecule has 262 valence electrons. The molecule has 16 heteroatoms. The number of fused-ring (bicyclic) bond motifs is 2. The van der Waals surface area contributed by atoms with Gasteiger partial charge in [-0.15, -0.1) is 0 Å². The number of nitrogen functional groups attached to an aromatic ring is 1. The number of primary amides is 1. The highest BCUT2D eigenvalue weighted by Crippen LogP contribution is 2.57. The lowest BCUT2D eigenvalue weighted by Gasteiger charge is -2.31. The van der Waals surface area contributed by atoms with Crippen LogP contribution in [0.15, 0.2) is 17.6 Å². The highest BCUT2D eigenvalue weighted by Gasteiger charge is 2.54. The minimum atomic E-state index is -3.96. The Labute approximate surface area is 276 Å². The lowest BCUT2D eigenvalue weighted by molar-refractivity contribution is -0.0709. The van der Waals surface area contributed by atoms with Gasteiger partial charge in [0.25, 0.3) is 5.91 Å². The van der Waals surface area contributed by atoms with Gasteiger partial charge in [-0.2, -0.15) is 0 Å². The van der Waals surface area contributed by atoms with Crippen LogP contribution in [0.1, 0.15) is 120 Å². The number of rotatable bonds is 23. The Hall–Kier alpha value is -2.77. The number of amides is 1. The minimum absolute atomic E-state index is 0.0527. The number of anilines is 1. The Morgan fingerprint density at radius 2 is 1.66 bits per heavy atom. The van der Waals surface area contributed by atoms with E-state index in [0.717, 1.165) is 12.8 Å². The molecule has 0 spiro atoms. The quantitative estimate of drug-likeness (QED) is 0.0399. The van der Waals surface area contributed by atoms with Gasteiger partial charge in [0.2, 0.25) is 0 Å². The Morgan fingerprint density at radius 3 is 2.30 bits per heavy atom. The molecule has 2 aliphatic rings. The van der Waals surface area contributed by atoms with Crippen LogP contribution in [0.25, 0.3) is 21.5 Å². The maximum atomic E-state index is 13.3. The number of nitrogens with zero attached hydrogens (tertiary/aromatic N) is 6. The maximum absolute atomic E-state index is 13.3. The smallest absolute Gasteiger partial charge is 0.397 e. The van der Waals surface area contributed by atoms with Crippen molar-refractivity contribution >= 4 is 30.5 Å². The van der Waals surface area contributed by atoms with Gasteiger partial charge in [0.15, 0.2) is 0 Å². The maximum Gasteiger partial charge on any atom is 0.475 e. The molecule has 0 aromatic carbocycles. The van der Waals surface area contributed by atoms with E-state index >= 15 is 0 Å². The third-order valence-corrected chi connectivity index (χ3v) is 10.1. The molecule has 4 heterocycles. The minimum Gasteiger partial charge on any atom is -0.397 e. The fourth-order valence-electron chi connectivity index (χ4n) is 6.14. The molecule has 0 bridgehead atoms. The van der Waals surface area contributed by atoms with Gasteiger partial charge in [0.05, 0.1) is 24.3 Å². The summed E-state index contributed by atoms with van der Waals surface area (Å²) in [5.74, 6) is -0.774. The lowest BCUT2D eigenvalue weighted by Crippen LogP contribution is -2.38. The molecule has 0 radical (unpaired) electrons. The molecule has 2 aliphatic heterocycles. The largest absolute Gasteiger partial charge is 0.475 e. The predicted molar refractivity (Wildman–Crippen MR) is 177 cm³/mol. The summed E-state index contributed by atoms with van der Waals surface area (Å²) >= 11 is 0. The second-order valence-corrected chi connectivity index (χ2v) is 13.9. The number of aromatic nitrogens is 3. The molecule has 5 atom stereocenters. The van der Waals surface area contributed by atoms with Crippen molar-refractivity contribution in [1.29, 1.82) is 0 Å². The van der Waals surface area contributed by atoms with Crippen molar-refractivity contribution in [2.45, 2.75) is 128 Å². The molecule has 2 fully saturated rings. The summed E-state index contributed by atoms with van der Waals surface area (Å²) in [7, 11) is -3.96. The molecule has 0 aliphatic carbocycles. The first-order chi connectivity index (χ1) is 22.9. The summed E-state index contributed by atoms with van der Waals surface area (Å²) in [6.07, 6.45) is 19.0. The summed E-state index contributed by atoms with van der Waals surface area (Å²) in [4.78, 5) is 23.0. The van der Waals surface area contributed by atoms with Crippen LogP contribution in [-0.4, -0.2) is 65.1 Å². The number of nitrogens with two attached hydrogens (primary N) is 2. The van der Waals surface area contributed by atoms with Gasteiger partial charge in [0.1, 0.15) is 42.1 Å². The van der Waals surface area contributed by atoms with E-state index < -0.39 is 38.2 Å². The summed E-state index contributed by atoms with van der Waals surface area (Å²) < 4.78 is 43.4. The second-order valence-electron chi connectivity index (χ2n) is 12.2. The van der Waals surface area contributed by atoms with Gasteiger partial charge in [0, 0.05) is 24.3 Å². The van der Waals surface area contributed by atoms with Crippen molar-refractivity contribution in [2.75, 3.05) is 32.2 Å². The van der Waals surface area contributed by atoms with Crippen molar-refractivity contribution in [1.82, 2.24) is 14.5 Å². The standard InChI is InChI=1S/C31H51N8O7P/c1-2-3-4-5-6-7-8-9-10-11-12-13-14-15-17-42-18-16-19-43-47(41)44-21-24-28(46-47)27(37-38-34)31(45-24)39-20-23(32)25-26(29(33)40)35-22-36-30(25)39/h20,22,24,27-28,31H,2-19,21,32H2,1H3,(H2,33,40)/t24-,27+,28-,31-,47?/m1/s1. The normalized spacial score (nSPS) is 23.9. The number of hydrogen-bond acceptors (Lipinski definition) is 11. The molecule has 47 heavy (non-hydrogen) atoms. The van der Waals surface area contributed by atoms with Crippen LogP contribution in [0, 0.1) is 0 Å². The van der Waals surface area contributed by atoms with E-state index in [1.54, 1.807) is 0 Å². The van der Waals surface area contributed by atoms with Crippen LogP contribution >= 0.6 is 7.82 Å². The highest BCUT2D eigenvalue weighted by atomic mass is 31.2. The summed E-state index contributed by atoms with van der Waals surface area (Å²) in [6, 6.07) is -0.971. The molecular weight excluding hydrogens is 627 g/mol. The van der Waals surface area contributed by atoms with Gasteiger partial charge in [-0.3, -0.25) is 18.4 Å². The molecule has 0 saturated carbocycles. The number of phosphoric ester groups is 1. The number of ether oxygens (including phenoxy) is 2. The number of carbonyl (C=O) groups is 1. The molecule has 2 saturated heterocycles. The monoisotopic (exact) mass is 678 g/mol. The second kappa shape index (κ2) is 19.3. The van der Waals surface area contributed by atoms with E-state index in [4.69, 9.17) is 34.5 Å². The van der Waals surface area contributed by atoms with Gasteiger partial charge < -0.3 is 25.5 Å². The molecule has 1 unspecified atom stereocenters. The fourth-order valence-corrected chi connectivity index (χ4v) is 7.58. The van der Waals surface area contributed by atoms with Crippen LogP contribution in [-0.2, 0) is 27.6 Å². The van der Waals surface area contributed by atoms with Crippen molar-refractivity contribution < 1.29 is 32.4 Å². The lowest BCUT2D eigenvalue weighted by atomic mass is 10.0. The van der Waals surface area contributed by atoms with Crippen LogP contribution in [0.2, 0.25) is 0 Å². The van der Waals surface area contributed by atoms with Crippen LogP contribution in [0.5, 0.6) is 0 Å². The van der Waals surface area contributed by atoms with E-state index in [-0.39, 0.29) is 35.6 Å². The van der Waals surface area contributed by atoms with Crippen LogP contribution in [0.4, 0.5) is 5.69 Å². The van der Waals surface area contributed by atoms with E-state index in [2.05, 4.69) is 26.9 Å². The van der Waals surface area contributed by atoms with Crippen molar-refractivity contribution in [3.63, 3.8) is 0 Å². The molecule has 4 rings (SSSR count). The first kappa shape index (κ1) is 37.1. The van der Waals surface area contributed by atoms with E-state index in [1.165, 1.54) is 94.1 Å². The average molecular weight is 679 g/mol. The zero-order valence-electron chi connectivity index (χ0n) is 27.5. The number of unbranched alkanes of at least 4 members (excludes halogenated alkanes) is 13. The van der Waals surface area contributed by atoms with E-state index in [1.807, 2.05) is 0 Å². The molecule has 4 N–H and O–H groups in total. The first-order valence-corrected chi connectivity index (χ1v) is 18.6. The number of carbonyl (C=O) groups excluding carboxylic acids is 1. The van der Waals surface area contributed by atoms with Crippen molar-refractivity contribution in [3.05, 3.63) is 28.7 Å². The SMILES string of the molecule is CCCCCCCCCCCCCCCCOCCCOP1(=O)OC[C@H]2O[C@@H](n3cc(N)c4c(C(N)=O)ncnc43)[C@@H](N=[N+]=[N-])[C@@H]2O1. The van der Waals surface area contributed by atoms with E-state index in [9.17, 15) is 14.9 Å². The Morgan fingerprint density at radius 1 is 1.02 bits per heavy atom. The highest BCUT2D eigenvalue weighted by molar-refractivity contribution is 7.48. The average Bonchev–Trinajstić information content (AvgIpc) is 3.58. The molecule has 2 aromatic rings. The molecule has 15 nitrogen and oxygen atoms in total. The van der Waals surface area contributed by atoms with Crippen molar-refractivity contribution in [2.24, 2.45) is 10.8 Å². The summed E-state index contributed by atoms with van der Waals surface area (Å²) in [5, 5.41) is 4.12. The van der Waals surface area contributed by atoms with Crippen LogP contribution < -0.4 is 11.5 Å². The number of hydrogen-bond donors (Lipinski definition) is 2. The molecular formula is C31H51N8O7P. The summed E-state index contributed by atoms with van der Waals surface area (Å²) in [5.41, 5.74) is 21.3. The number of azide groups is 1. The van der Waals surface area contributed by atoms with Crippen molar-refractivity contribution in [3.8, 4) is 0 Å². The van der Waals surface area contributed by atoms with Crippen LogP contribution in [0.3, 0.4) is 0 Å². The van der Waals surface area contributed by atoms with Gasteiger partial charge >= 0.3 is 7.82 Å². The Kier molecular flexibility index (Phi) is 15.2. The topological polar surface area (TPSA) is 212 Å². The predicted octanol–water partition coefficient (Wildman–Crippen LogP) is 7.12. The third kappa shape index (κ3) is 10.6. The molecule has 2 aromatic heterocycles. The zero-order valence-corrected chi connectivity index (χ0v) is 28.4. The van der Waals surface area contributed by atoms with E-state index in [0.29, 0.717) is 19.6 Å². The molecule has 1 amide bonds. The van der Waals surface area contributed by atoms with Gasteiger partial charge in [-0.25, -0.2) is 14.5 Å². The Bertz CT molecular complexity index is 1370. The number of phosphoric acid groups is 1. The van der Waals surface area contributed by atoms with Gasteiger partial charge in [-0.1, -0.05) is 95.5 Å². The third-order valence-electron chi connectivity index (χ3n) is 8.61. The summed E-state index contributed by atoms with van der Waals surface area (Å²) in [6.45, 7) is 3.41. The zero-order chi connectivity index (χ0) is 33.5. The Balaban J connectivity index is 1.11. The first-order valence-electron chi connectivity index (χ1n) is 17.1.